The molecule has 3 heteroatoms. The summed E-state index contributed by atoms with van der Waals surface area (Å²) >= 11 is 2.01. The van der Waals surface area contributed by atoms with Crippen LogP contribution in [-0.2, 0) is 9.47 Å². The van der Waals surface area contributed by atoms with E-state index in [2.05, 4.69) is 6.92 Å². The molecule has 2 fully saturated rings. The van der Waals surface area contributed by atoms with Gasteiger partial charge in [0.1, 0.15) is 0 Å². The lowest BCUT2D eigenvalue weighted by Crippen LogP contribution is -2.24. The number of rotatable bonds is 3. The Morgan fingerprint density at radius 1 is 1.42 bits per heavy atom. The minimum absolute atomic E-state index is 0.404. The molecule has 2 saturated heterocycles. The second kappa shape index (κ2) is 3.99. The van der Waals surface area contributed by atoms with E-state index in [1.165, 1.54) is 12.2 Å². The summed E-state index contributed by atoms with van der Waals surface area (Å²) in [6.45, 7) is 4.02. The zero-order valence-electron chi connectivity index (χ0n) is 7.49. The maximum Gasteiger partial charge on any atom is 0.0977 e. The summed E-state index contributed by atoms with van der Waals surface area (Å²) in [4.78, 5) is 0. The molecule has 0 bridgehead atoms. The van der Waals surface area contributed by atoms with Gasteiger partial charge in [-0.15, -0.1) is 0 Å². The van der Waals surface area contributed by atoms with Crippen molar-refractivity contribution in [2.45, 2.75) is 37.2 Å². The van der Waals surface area contributed by atoms with Crippen molar-refractivity contribution in [3.8, 4) is 0 Å². The summed E-state index contributed by atoms with van der Waals surface area (Å²) in [5.74, 6) is 1.24. The van der Waals surface area contributed by atoms with E-state index in [1.54, 1.807) is 0 Å². The van der Waals surface area contributed by atoms with Crippen LogP contribution in [0.4, 0.5) is 0 Å². The van der Waals surface area contributed by atoms with Gasteiger partial charge in [-0.3, -0.25) is 0 Å². The molecular weight excluding hydrogens is 172 g/mol. The first-order chi connectivity index (χ1) is 5.92. The maximum absolute atomic E-state index is 5.64. The van der Waals surface area contributed by atoms with Crippen LogP contribution < -0.4 is 0 Å². The van der Waals surface area contributed by atoms with E-state index in [1.807, 2.05) is 11.8 Å². The van der Waals surface area contributed by atoms with Crippen LogP contribution in [-0.4, -0.2) is 36.4 Å². The quantitative estimate of drug-likeness (QED) is 0.671. The van der Waals surface area contributed by atoms with Crippen LogP contribution in [0.15, 0.2) is 0 Å². The summed E-state index contributed by atoms with van der Waals surface area (Å²) in [6, 6.07) is 0. The first kappa shape index (κ1) is 8.85. The number of ether oxygens (including phenoxy) is 2. The molecule has 0 aromatic heterocycles. The van der Waals surface area contributed by atoms with E-state index in [4.69, 9.17) is 9.47 Å². The lowest BCUT2D eigenvalue weighted by atomic mass is 10.2. The number of thioether (sulfide) groups is 1. The first-order valence-corrected chi connectivity index (χ1v) is 5.81. The van der Waals surface area contributed by atoms with Gasteiger partial charge in [0.15, 0.2) is 0 Å². The molecule has 0 aromatic carbocycles. The Hall–Kier alpha value is 0.270. The fraction of sp³-hybridized carbons (Fsp3) is 1.00. The molecule has 0 radical (unpaired) electrons. The van der Waals surface area contributed by atoms with Crippen molar-refractivity contribution in [2.24, 2.45) is 0 Å². The predicted molar refractivity (Wildman–Crippen MR) is 50.6 cm³/mol. The molecule has 0 N–H and O–H groups in total. The van der Waals surface area contributed by atoms with E-state index in [-0.39, 0.29) is 0 Å². The Labute approximate surface area is 78.0 Å². The fourth-order valence-corrected chi connectivity index (χ4v) is 3.00. The summed E-state index contributed by atoms with van der Waals surface area (Å²) in [7, 11) is 0. The maximum atomic E-state index is 5.64. The van der Waals surface area contributed by atoms with Crippen LogP contribution in [0.2, 0.25) is 0 Å². The topological polar surface area (TPSA) is 18.5 Å². The average Bonchev–Trinajstić information content (AvgIpc) is 2.62. The molecule has 2 nitrogen and oxygen atoms in total. The molecular formula is C9H16O2S. The van der Waals surface area contributed by atoms with Crippen LogP contribution in [0, 0.1) is 0 Å². The van der Waals surface area contributed by atoms with Gasteiger partial charge in [0, 0.05) is 6.61 Å². The van der Waals surface area contributed by atoms with Gasteiger partial charge in [-0.05, 0) is 18.6 Å². The molecule has 0 aliphatic carbocycles. The van der Waals surface area contributed by atoms with E-state index < -0.39 is 0 Å². The lowest BCUT2D eigenvalue weighted by Gasteiger charge is -2.14. The fourth-order valence-electron chi connectivity index (χ4n) is 1.84. The molecule has 2 heterocycles. The molecule has 0 amide bonds. The third-order valence-electron chi connectivity index (χ3n) is 2.46. The highest BCUT2D eigenvalue weighted by atomic mass is 32.2. The van der Waals surface area contributed by atoms with Gasteiger partial charge in [-0.1, -0.05) is 6.92 Å². The van der Waals surface area contributed by atoms with Crippen molar-refractivity contribution >= 4 is 11.8 Å². The standard InChI is InChI=1S/C9H16O2S/c1-2-5-12-8-6-11-7-3-4-10-9(7)8/h7-9H,2-6H2,1H3. The summed E-state index contributed by atoms with van der Waals surface area (Å²) in [5, 5.41) is 0.609. The van der Waals surface area contributed by atoms with Gasteiger partial charge in [0.25, 0.3) is 0 Å². The Bertz CT molecular complexity index is 151. The number of fused-ring (bicyclic) bond motifs is 1. The Morgan fingerprint density at radius 2 is 2.33 bits per heavy atom. The minimum Gasteiger partial charge on any atom is -0.374 e. The Kier molecular flexibility index (Phi) is 2.94. The molecule has 3 atom stereocenters. The smallest absolute Gasteiger partial charge is 0.0977 e. The monoisotopic (exact) mass is 188 g/mol. The van der Waals surface area contributed by atoms with Gasteiger partial charge >= 0.3 is 0 Å². The van der Waals surface area contributed by atoms with Crippen LogP contribution in [0.1, 0.15) is 19.8 Å². The third-order valence-corrected chi connectivity index (χ3v) is 3.93. The molecule has 3 unspecified atom stereocenters. The minimum atomic E-state index is 0.404. The zero-order valence-corrected chi connectivity index (χ0v) is 8.31. The summed E-state index contributed by atoms with van der Waals surface area (Å²) in [6.07, 6.45) is 3.17. The largest absolute Gasteiger partial charge is 0.374 e. The highest BCUT2D eigenvalue weighted by Gasteiger charge is 2.41. The summed E-state index contributed by atoms with van der Waals surface area (Å²) < 4.78 is 11.3. The predicted octanol–water partition coefficient (Wildman–Crippen LogP) is 1.69. The zero-order chi connectivity index (χ0) is 8.39. The van der Waals surface area contributed by atoms with E-state index in [0.717, 1.165) is 19.6 Å². The van der Waals surface area contributed by atoms with E-state index in [0.29, 0.717) is 17.5 Å². The molecule has 0 aromatic rings. The van der Waals surface area contributed by atoms with Gasteiger partial charge in [-0.25, -0.2) is 0 Å². The molecule has 70 valence electrons. The Morgan fingerprint density at radius 3 is 3.17 bits per heavy atom. The highest BCUT2D eigenvalue weighted by molar-refractivity contribution is 8.00. The third kappa shape index (κ3) is 1.63. The molecule has 0 spiro atoms. The van der Waals surface area contributed by atoms with Crippen LogP contribution in [0.25, 0.3) is 0 Å². The van der Waals surface area contributed by atoms with Crippen LogP contribution in [0.5, 0.6) is 0 Å². The average molecular weight is 188 g/mol. The van der Waals surface area contributed by atoms with Gasteiger partial charge in [0.2, 0.25) is 0 Å². The van der Waals surface area contributed by atoms with E-state index >= 15 is 0 Å². The van der Waals surface area contributed by atoms with Crippen molar-refractivity contribution in [1.82, 2.24) is 0 Å². The van der Waals surface area contributed by atoms with Crippen molar-refractivity contribution in [3.05, 3.63) is 0 Å². The van der Waals surface area contributed by atoms with E-state index in [9.17, 15) is 0 Å². The number of hydrogen-bond acceptors (Lipinski definition) is 3. The molecule has 2 aliphatic heterocycles. The molecule has 12 heavy (non-hydrogen) atoms. The second-order valence-corrected chi connectivity index (χ2v) is 4.75. The Balaban J connectivity index is 1.83. The van der Waals surface area contributed by atoms with Crippen molar-refractivity contribution in [3.63, 3.8) is 0 Å². The van der Waals surface area contributed by atoms with Gasteiger partial charge in [-0.2, -0.15) is 11.8 Å². The molecule has 2 rings (SSSR count). The summed E-state index contributed by atoms with van der Waals surface area (Å²) in [5.41, 5.74) is 0. The molecule has 2 aliphatic rings. The van der Waals surface area contributed by atoms with Crippen molar-refractivity contribution < 1.29 is 9.47 Å². The molecule has 0 saturated carbocycles. The second-order valence-electron chi connectivity index (χ2n) is 3.41. The van der Waals surface area contributed by atoms with Crippen molar-refractivity contribution in [2.75, 3.05) is 19.0 Å². The normalized spacial score (nSPS) is 40.2. The van der Waals surface area contributed by atoms with Crippen molar-refractivity contribution in [1.29, 1.82) is 0 Å². The lowest BCUT2D eigenvalue weighted by molar-refractivity contribution is 0.0738. The number of hydrogen-bond donors (Lipinski definition) is 0. The van der Waals surface area contributed by atoms with Gasteiger partial charge in [0.05, 0.1) is 24.1 Å². The van der Waals surface area contributed by atoms with Crippen LogP contribution >= 0.6 is 11.8 Å². The van der Waals surface area contributed by atoms with Gasteiger partial charge < -0.3 is 9.47 Å². The SMILES string of the molecule is CCCSC1COC2CCOC21. The van der Waals surface area contributed by atoms with Crippen LogP contribution in [0.3, 0.4) is 0 Å². The first-order valence-electron chi connectivity index (χ1n) is 4.76. The highest BCUT2D eigenvalue weighted by Crippen LogP contribution is 2.33.